The summed E-state index contributed by atoms with van der Waals surface area (Å²) in [6, 6.07) is 7.80. The lowest BCUT2D eigenvalue weighted by molar-refractivity contribution is 0.205. The molecular weight excluding hydrogens is 308 g/mol. The second-order valence-electron chi connectivity index (χ2n) is 4.79. The summed E-state index contributed by atoms with van der Waals surface area (Å²) in [6.45, 7) is 4.09. The number of nitrogens with zero attached hydrogens (tertiary/aromatic N) is 4. The van der Waals surface area contributed by atoms with E-state index in [4.69, 9.17) is 23.8 Å². The number of benzene rings is 1. The van der Waals surface area contributed by atoms with Gasteiger partial charge in [0, 0.05) is 18.6 Å². The van der Waals surface area contributed by atoms with Crippen molar-refractivity contribution in [2.45, 2.75) is 26.7 Å². The van der Waals surface area contributed by atoms with Crippen LogP contribution in [0, 0.1) is 4.77 Å². The predicted molar refractivity (Wildman–Crippen MR) is 85.5 cm³/mol. The molecule has 1 aromatic carbocycles. The summed E-state index contributed by atoms with van der Waals surface area (Å²) in [6.07, 6.45) is 0. The first-order valence-electron chi connectivity index (χ1n) is 6.76. The first-order valence-corrected chi connectivity index (χ1v) is 7.54. The highest BCUT2D eigenvalue weighted by Crippen LogP contribution is 2.17. The number of rotatable bonds is 6. The first-order chi connectivity index (χ1) is 10.1. The third kappa shape index (κ3) is 3.71. The van der Waals surface area contributed by atoms with Crippen molar-refractivity contribution >= 4 is 23.8 Å². The van der Waals surface area contributed by atoms with Gasteiger partial charge in [-0.2, -0.15) is 5.10 Å². The van der Waals surface area contributed by atoms with E-state index in [-0.39, 0.29) is 6.61 Å². The number of halogens is 1. The highest BCUT2D eigenvalue weighted by molar-refractivity contribution is 7.71. The summed E-state index contributed by atoms with van der Waals surface area (Å²) < 4.78 is 4.04. The fourth-order valence-corrected chi connectivity index (χ4v) is 2.48. The van der Waals surface area contributed by atoms with Crippen LogP contribution >= 0.6 is 23.8 Å². The van der Waals surface area contributed by atoms with Crippen molar-refractivity contribution in [2.24, 2.45) is 7.05 Å². The molecule has 1 aromatic heterocycles. The van der Waals surface area contributed by atoms with Crippen LogP contribution in [0.15, 0.2) is 24.3 Å². The molecule has 0 aliphatic rings. The predicted octanol–water partition coefficient (Wildman–Crippen LogP) is 2.58. The number of aromatic nitrogens is 3. The molecule has 1 N–H and O–H groups in total. The topological polar surface area (TPSA) is 46.2 Å². The van der Waals surface area contributed by atoms with Gasteiger partial charge in [0.15, 0.2) is 10.6 Å². The van der Waals surface area contributed by atoms with Crippen molar-refractivity contribution in [1.29, 1.82) is 0 Å². The monoisotopic (exact) mass is 326 g/mol. The minimum atomic E-state index is -0.121. The van der Waals surface area contributed by atoms with Crippen LogP contribution < -0.4 is 0 Å². The van der Waals surface area contributed by atoms with E-state index in [1.54, 1.807) is 9.25 Å². The Hall–Kier alpha value is -1.21. The lowest BCUT2D eigenvalue weighted by atomic mass is 10.2. The largest absolute Gasteiger partial charge is 0.388 e. The third-order valence-electron chi connectivity index (χ3n) is 3.41. The Morgan fingerprint density at radius 1 is 1.38 bits per heavy atom. The van der Waals surface area contributed by atoms with Crippen LogP contribution in [0.4, 0.5) is 0 Å². The number of aliphatic hydroxyl groups excluding tert-OH is 1. The highest BCUT2D eigenvalue weighted by atomic mass is 35.5. The van der Waals surface area contributed by atoms with Gasteiger partial charge in [0.25, 0.3) is 0 Å². The fourth-order valence-electron chi connectivity index (χ4n) is 2.08. The third-order valence-corrected chi connectivity index (χ3v) is 4.26. The van der Waals surface area contributed by atoms with Crippen molar-refractivity contribution < 1.29 is 5.11 Å². The molecule has 0 radical (unpaired) electrons. The lowest BCUT2D eigenvalue weighted by Crippen LogP contribution is -2.26. The second kappa shape index (κ2) is 7.17. The highest BCUT2D eigenvalue weighted by Gasteiger charge is 2.11. The molecule has 2 aromatic rings. The van der Waals surface area contributed by atoms with Gasteiger partial charge in [-0.15, -0.1) is 0 Å². The summed E-state index contributed by atoms with van der Waals surface area (Å²) in [5, 5.41) is 14.3. The Morgan fingerprint density at radius 2 is 2.10 bits per heavy atom. The van der Waals surface area contributed by atoms with Gasteiger partial charge in [0.2, 0.25) is 0 Å². The Labute approximate surface area is 134 Å². The molecule has 0 aliphatic carbocycles. The van der Waals surface area contributed by atoms with E-state index in [1.807, 2.05) is 31.3 Å². The van der Waals surface area contributed by atoms with Crippen LogP contribution in [0.25, 0.3) is 0 Å². The minimum Gasteiger partial charge on any atom is -0.388 e. The van der Waals surface area contributed by atoms with Crippen molar-refractivity contribution in [1.82, 2.24) is 19.2 Å². The molecule has 0 amide bonds. The average molecular weight is 327 g/mol. The van der Waals surface area contributed by atoms with Crippen LogP contribution in [0.1, 0.15) is 18.3 Å². The molecular formula is C14H19ClN4OS. The maximum absolute atomic E-state index is 9.25. The van der Waals surface area contributed by atoms with Crippen LogP contribution in [0.5, 0.6) is 0 Å². The zero-order valence-corrected chi connectivity index (χ0v) is 13.7. The maximum atomic E-state index is 9.25. The maximum Gasteiger partial charge on any atom is 0.198 e. The SMILES string of the molecule is CCN(Cc1ccccc1Cl)Cn1nc(CO)n(C)c1=S. The normalized spacial score (nSPS) is 11.3. The molecule has 5 nitrogen and oxygen atoms in total. The zero-order valence-electron chi connectivity index (χ0n) is 12.2. The summed E-state index contributed by atoms with van der Waals surface area (Å²) >= 11 is 11.5. The first kappa shape index (κ1) is 16.2. The molecule has 0 fully saturated rings. The lowest BCUT2D eigenvalue weighted by Gasteiger charge is -2.20. The molecule has 0 saturated carbocycles. The van der Waals surface area contributed by atoms with Gasteiger partial charge >= 0.3 is 0 Å². The van der Waals surface area contributed by atoms with Crippen LogP contribution in [-0.4, -0.2) is 30.9 Å². The Kier molecular flexibility index (Phi) is 5.52. The molecule has 0 aliphatic heterocycles. The van der Waals surface area contributed by atoms with Gasteiger partial charge in [-0.05, 0) is 30.4 Å². The van der Waals surface area contributed by atoms with Crippen molar-refractivity contribution in [2.75, 3.05) is 6.54 Å². The molecule has 114 valence electrons. The molecule has 0 unspecified atom stereocenters. The van der Waals surface area contributed by atoms with E-state index >= 15 is 0 Å². The van der Waals surface area contributed by atoms with E-state index in [9.17, 15) is 5.11 Å². The molecule has 21 heavy (non-hydrogen) atoms. The molecule has 0 spiro atoms. The summed E-state index contributed by atoms with van der Waals surface area (Å²) in [5.41, 5.74) is 1.07. The molecule has 0 bridgehead atoms. The number of hydrogen-bond acceptors (Lipinski definition) is 4. The molecule has 7 heteroatoms. The second-order valence-corrected chi connectivity index (χ2v) is 5.57. The van der Waals surface area contributed by atoms with Gasteiger partial charge < -0.3 is 9.67 Å². The Balaban J connectivity index is 2.17. The quantitative estimate of drug-likeness (QED) is 0.829. The molecule has 2 rings (SSSR count). The number of aliphatic hydroxyl groups is 1. The summed E-state index contributed by atoms with van der Waals surface area (Å²) in [5.74, 6) is 0.564. The van der Waals surface area contributed by atoms with Crippen molar-refractivity contribution in [3.05, 3.63) is 45.4 Å². The van der Waals surface area contributed by atoms with Crippen LogP contribution in [-0.2, 0) is 26.9 Å². The van der Waals surface area contributed by atoms with E-state index in [0.29, 0.717) is 17.3 Å². The van der Waals surface area contributed by atoms with Gasteiger partial charge in [0.05, 0.1) is 6.67 Å². The van der Waals surface area contributed by atoms with Gasteiger partial charge in [-0.1, -0.05) is 36.7 Å². The van der Waals surface area contributed by atoms with Crippen molar-refractivity contribution in [3.8, 4) is 0 Å². The van der Waals surface area contributed by atoms with Crippen LogP contribution in [0.3, 0.4) is 0 Å². The van der Waals surface area contributed by atoms with Gasteiger partial charge in [0.1, 0.15) is 6.61 Å². The number of hydrogen-bond donors (Lipinski definition) is 1. The van der Waals surface area contributed by atoms with Crippen LogP contribution in [0.2, 0.25) is 5.02 Å². The van der Waals surface area contributed by atoms with E-state index in [0.717, 1.165) is 23.7 Å². The minimum absolute atomic E-state index is 0.121. The Morgan fingerprint density at radius 3 is 2.67 bits per heavy atom. The van der Waals surface area contributed by atoms with E-state index in [2.05, 4.69) is 16.9 Å². The smallest absolute Gasteiger partial charge is 0.198 e. The average Bonchev–Trinajstić information content (AvgIpc) is 2.76. The van der Waals surface area contributed by atoms with E-state index in [1.165, 1.54) is 0 Å². The molecule has 0 atom stereocenters. The van der Waals surface area contributed by atoms with Gasteiger partial charge in [-0.25, -0.2) is 4.68 Å². The summed E-state index contributed by atoms with van der Waals surface area (Å²) in [7, 11) is 1.81. The van der Waals surface area contributed by atoms with Crippen molar-refractivity contribution in [3.63, 3.8) is 0 Å². The molecule has 0 saturated heterocycles. The fraction of sp³-hybridized carbons (Fsp3) is 0.429. The standard InChI is InChI=1S/C14H19ClN4OS/c1-3-18(8-11-6-4-5-7-12(11)15)10-19-14(21)17(2)13(9-20)16-19/h4-7,20H,3,8-10H2,1-2H3. The zero-order chi connectivity index (χ0) is 15.4. The van der Waals surface area contributed by atoms with E-state index < -0.39 is 0 Å². The Bertz CT molecular complexity index is 667. The molecule has 1 heterocycles. The summed E-state index contributed by atoms with van der Waals surface area (Å²) in [4.78, 5) is 2.19. The van der Waals surface area contributed by atoms with Gasteiger partial charge in [-0.3, -0.25) is 4.90 Å².